The van der Waals surface area contributed by atoms with Crippen molar-refractivity contribution < 1.29 is 0 Å². The molecule has 0 unspecified atom stereocenters. The van der Waals surface area contributed by atoms with Gasteiger partial charge in [-0.3, -0.25) is 0 Å². The monoisotopic (exact) mass is 380 g/mol. The number of nitrogens with one attached hydrogen (secondary N) is 1. The lowest BCUT2D eigenvalue weighted by Gasteiger charge is -2.19. The minimum atomic E-state index is 0.761. The second kappa shape index (κ2) is 6.24. The molecule has 3 aromatic rings. The predicted molar refractivity (Wildman–Crippen MR) is 101 cm³/mol. The summed E-state index contributed by atoms with van der Waals surface area (Å²) < 4.78 is 1.06. The van der Waals surface area contributed by atoms with E-state index in [1.54, 1.807) is 0 Å². The van der Waals surface area contributed by atoms with Gasteiger partial charge in [0.25, 0.3) is 0 Å². The van der Waals surface area contributed by atoms with Gasteiger partial charge in [0.2, 0.25) is 0 Å². The largest absolute Gasteiger partial charge is 0.340 e. The first kappa shape index (κ1) is 15.1. The van der Waals surface area contributed by atoms with Crippen molar-refractivity contribution in [3.63, 3.8) is 0 Å². The van der Waals surface area contributed by atoms with Gasteiger partial charge in [0.15, 0.2) is 0 Å². The van der Waals surface area contributed by atoms with E-state index in [1.165, 1.54) is 11.3 Å². The van der Waals surface area contributed by atoms with Crippen molar-refractivity contribution in [2.24, 2.45) is 0 Å². The molecular formula is C19H17BrN4. The third-order valence-electron chi connectivity index (χ3n) is 4.10. The summed E-state index contributed by atoms with van der Waals surface area (Å²) in [6.45, 7) is 2.88. The summed E-state index contributed by atoms with van der Waals surface area (Å²) in [5, 5.41) is 3.36. The first-order chi connectivity index (χ1) is 11.7. The quantitative estimate of drug-likeness (QED) is 0.694. The lowest BCUT2D eigenvalue weighted by atomic mass is 10.2. The maximum atomic E-state index is 4.64. The number of anilines is 4. The van der Waals surface area contributed by atoms with Gasteiger partial charge in [0, 0.05) is 28.5 Å². The number of hydrogen-bond acceptors (Lipinski definition) is 4. The molecule has 120 valence electrons. The van der Waals surface area contributed by atoms with Crippen LogP contribution in [0.1, 0.15) is 11.4 Å². The highest BCUT2D eigenvalue weighted by Gasteiger charge is 2.21. The molecule has 0 fully saturated rings. The fourth-order valence-electron chi connectivity index (χ4n) is 3.01. The van der Waals surface area contributed by atoms with Crippen LogP contribution in [0.25, 0.3) is 0 Å². The maximum Gasteiger partial charge on any atom is 0.138 e. The van der Waals surface area contributed by atoms with Crippen LogP contribution in [0, 0.1) is 6.92 Å². The second-order valence-corrected chi connectivity index (χ2v) is 6.74. The Balaban J connectivity index is 1.66. The maximum absolute atomic E-state index is 4.64. The van der Waals surface area contributed by atoms with Crippen LogP contribution in [-0.4, -0.2) is 16.5 Å². The number of hydrogen-bond donors (Lipinski definition) is 1. The number of fused-ring (bicyclic) bond motifs is 1. The highest BCUT2D eigenvalue weighted by atomic mass is 79.9. The van der Waals surface area contributed by atoms with Gasteiger partial charge >= 0.3 is 0 Å². The number of aromatic nitrogens is 2. The normalized spacial score (nSPS) is 13.0. The van der Waals surface area contributed by atoms with Crippen molar-refractivity contribution in [3.8, 4) is 0 Å². The molecule has 0 bridgehead atoms. The second-order valence-electron chi connectivity index (χ2n) is 5.82. The van der Waals surface area contributed by atoms with Gasteiger partial charge in [-0.2, -0.15) is 0 Å². The highest BCUT2D eigenvalue weighted by Crippen LogP contribution is 2.34. The van der Waals surface area contributed by atoms with Gasteiger partial charge in [0.1, 0.15) is 17.5 Å². The molecule has 4 nitrogen and oxygen atoms in total. The zero-order valence-corrected chi connectivity index (χ0v) is 14.9. The third kappa shape index (κ3) is 2.99. The van der Waals surface area contributed by atoms with Crippen molar-refractivity contribution in [3.05, 3.63) is 70.5 Å². The van der Waals surface area contributed by atoms with Crippen LogP contribution >= 0.6 is 15.9 Å². The average molecular weight is 381 g/mol. The molecule has 5 heteroatoms. The molecule has 2 aromatic carbocycles. The molecular weight excluding hydrogens is 364 g/mol. The Morgan fingerprint density at radius 2 is 1.83 bits per heavy atom. The molecule has 1 aromatic heterocycles. The number of para-hydroxylation sites is 1. The van der Waals surface area contributed by atoms with Gasteiger partial charge in [-0.15, -0.1) is 0 Å². The van der Waals surface area contributed by atoms with Crippen LogP contribution in [0.4, 0.5) is 23.0 Å². The van der Waals surface area contributed by atoms with Crippen LogP contribution in [0.15, 0.2) is 59.1 Å². The van der Waals surface area contributed by atoms with E-state index in [0.717, 1.165) is 40.6 Å². The van der Waals surface area contributed by atoms with E-state index in [4.69, 9.17) is 0 Å². The number of halogens is 1. The summed E-state index contributed by atoms with van der Waals surface area (Å²) in [4.78, 5) is 11.4. The van der Waals surface area contributed by atoms with Crippen molar-refractivity contribution >= 4 is 38.9 Å². The third-order valence-corrected chi connectivity index (χ3v) is 4.63. The van der Waals surface area contributed by atoms with Gasteiger partial charge in [0.05, 0.1) is 0 Å². The first-order valence-corrected chi connectivity index (χ1v) is 8.72. The molecule has 1 aliphatic heterocycles. The van der Waals surface area contributed by atoms with Crippen molar-refractivity contribution in [2.45, 2.75) is 13.3 Å². The molecule has 1 aliphatic rings. The van der Waals surface area contributed by atoms with Crippen LogP contribution in [-0.2, 0) is 6.42 Å². The SMILES string of the molecule is Cc1nc(Nc2ccc(Br)cc2)cc(N2CCc3ccccc32)n1. The smallest absolute Gasteiger partial charge is 0.138 e. The molecule has 0 spiro atoms. The number of nitrogens with zero attached hydrogens (tertiary/aromatic N) is 3. The van der Waals surface area contributed by atoms with Gasteiger partial charge in [-0.05, 0) is 49.2 Å². The molecule has 1 N–H and O–H groups in total. The van der Waals surface area contributed by atoms with Crippen LogP contribution in [0.3, 0.4) is 0 Å². The number of aryl methyl sites for hydroxylation is 1. The molecule has 0 saturated heterocycles. The van der Waals surface area contributed by atoms with E-state index in [9.17, 15) is 0 Å². The summed E-state index contributed by atoms with van der Waals surface area (Å²) in [7, 11) is 0. The lowest BCUT2D eigenvalue weighted by Crippen LogP contribution is -2.16. The van der Waals surface area contributed by atoms with Gasteiger partial charge in [-0.1, -0.05) is 34.1 Å². The van der Waals surface area contributed by atoms with Crippen molar-refractivity contribution in [1.82, 2.24) is 9.97 Å². The minimum Gasteiger partial charge on any atom is -0.340 e. The van der Waals surface area contributed by atoms with E-state index in [2.05, 4.69) is 60.4 Å². The number of rotatable bonds is 3. The van der Waals surface area contributed by atoms with Crippen molar-refractivity contribution in [2.75, 3.05) is 16.8 Å². The summed E-state index contributed by atoms with van der Waals surface area (Å²) in [6, 6.07) is 18.6. The molecule has 24 heavy (non-hydrogen) atoms. The van der Waals surface area contributed by atoms with Gasteiger partial charge in [-0.25, -0.2) is 9.97 Å². The minimum absolute atomic E-state index is 0.761. The standard InChI is InChI=1S/C19H17BrN4/c1-13-21-18(23-16-8-6-15(20)7-9-16)12-19(22-13)24-11-10-14-4-2-3-5-17(14)24/h2-9,12H,10-11H2,1H3,(H,21,22,23). The summed E-state index contributed by atoms with van der Waals surface area (Å²) >= 11 is 3.45. The summed E-state index contributed by atoms with van der Waals surface area (Å²) in [5.74, 6) is 2.51. The van der Waals surface area contributed by atoms with E-state index >= 15 is 0 Å². The first-order valence-electron chi connectivity index (χ1n) is 7.93. The van der Waals surface area contributed by atoms with Crippen LogP contribution < -0.4 is 10.2 Å². The fraction of sp³-hybridized carbons (Fsp3) is 0.158. The lowest BCUT2D eigenvalue weighted by molar-refractivity contribution is 0.947. The zero-order valence-electron chi connectivity index (χ0n) is 13.3. The summed E-state index contributed by atoms with van der Waals surface area (Å²) in [6.07, 6.45) is 1.05. The Bertz CT molecular complexity index is 877. The zero-order chi connectivity index (χ0) is 16.5. The Labute approximate surface area is 149 Å². The Kier molecular flexibility index (Phi) is 3.94. The fourth-order valence-corrected chi connectivity index (χ4v) is 3.28. The molecule has 0 amide bonds. The van der Waals surface area contributed by atoms with Crippen LogP contribution in [0.5, 0.6) is 0 Å². The van der Waals surface area contributed by atoms with E-state index < -0.39 is 0 Å². The van der Waals surface area contributed by atoms with Crippen molar-refractivity contribution in [1.29, 1.82) is 0 Å². The molecule has 0 radical (unpaired) electrons. The van der Waals surface area contributed by atoms with Gasteiger partial charge < -0.3 is 10.2 Å². The molecule has 0 atom stereocenters. The Morgan fingerprint density at radius 1 is 1.04 bits per heavy atom. The average Bonchev–Trinajstić information content (AvgIpc) is 3.01. The summed E-state index contributed by atoms with van der Waals surface area (Å²) in [5.41, 5.74) is 3.62. The van der Waals surface area contributed by atoms with Crippen LogP contribution in [0.2, 0.25) is 0 Å². The molecule has 0 saturated carbocycles. The highest BCUT2D eigenvalue weighted by molar-refractivity contribution is 9.10. The van der Waals surface area contributed by atoms with E-state index in [1.807, 2.05) is 37.3 Å². The van der Waals surface area contributed by atoms with E-state index in [0.29, 0.717) is 0 Å². The molecule has 2 heterocycles. The predicted octanol–water partition coefficient (Wildman–Crippen LogP) is 4.99. The Hall–Kier alpha value is -2.40. The molecule has 0 aliphatic carbocycles. The molecule has 4 rings (SSSR count). The Morgan fingerprint density at radius 3 is 2.67 bits per heavy atom. The van der Waals surface area contributed by atoms with E-state index in [-0.39, 0.29) is 0 Å². The number of benzene rings is 2. The topological polar surface area (TPSA) is 41.1 Å².